The van der Waals surface area contributed by atoms with E-state index >= 15 is 0 Å². The highest BCUT2D eigenvalue weighted by atomic mass is 19.1. The minimum Gasteiger partial charge on any atom is -0.494 e. The van der Waals surface area contributed by atoms with Crippen LogP contribution in [0.5, 0.6) is 5.75 Å². The van der Waals surface area contributed by atoms with Gasteiger partial charge in [-0.25, -0.2) is 4.39 Å². The molecule has 0 aliphatic carbocycles. The molecule has 0 radical (unpaired) electrons. The smallest absolute Gasteiger partial charge is 0.123 e. The number of hydrogen-bond acceptors (Lipinski definition) is 3. The highest BCUT2D eigenvalue weighted by Crippen LogP contribution is 2.18. The average molecular weight is 274 g/mol. The number of benzene rings is 2. The molecule has 0 heterocycles. The third-order valence-electron chi connectivity index (χ3n) is 3.12. The molecular weight excluding hydrogens is 255 g/mol. The van der Waals surface area contributed by atoms with E-state index in [1.807, 2.05) is 37.3 Å². The zero-order valence-corrected chi connectivity index (χ0v) is 11.5. The Morgan fingerprint density at radius 2 is 2.00 bits per heavy atom. The second kappa shape index (κ2) is 7.03. The quantitative estimate of drug-likeness (QED) is 0.628. The van der Waals surface area contributed by atoms with Gasteiger partial charge in [0, 0.05) is 12.5 Å². The first-order valence-corrected chi connectivity index (χ1v) is 6.60. The van der Waals surface area contributed by atoms with Gasteiger partial charge in [0.2, 0.25) is 0 Å². The zero-order valence-electron chi connectivity index (χ0n) is 11.5. The summed E-state index contributed by atoms with van der Waals surface area (Å²) < 4.78 is 18.9. The molecule has 0 fully saturated rings. The molecule has 2 aromatic rings. The summed E-state index contributed by atoms with van der Waals surface area (Å²) in [6, 6.07) is 14.2. The van der Waals surface area contributed by atoms with Crippen molar-refractivity contribution in [1.29, 1.82) is 0 Å². The summed E-state index contributed by atoms with van der Waals surface area (Å²) in [6.45, 7) is 2.53. The maximum atomic E-state index is 13.2. The van der Waals surface area contributed by atoms with Gasteiger partial charge in [-0.2, -0.15) is 0 Å². The number of ether oxygens (including phenoxy) is 1. The Hall–Kier alpha value is -1.91. The van der Waals surface area contributed by atoms with Crippen LogP contribution in [-0.4, -0.2) is 6.61 Å². The van der Waals surface area contributed by atoms with Gasteiger partial charge in [-0.05, 0) is 42.3 Å². The molecule has 0 aliphatic heterocycles. The van der Waals surface area contributed by atoms with E-state index in [1.54, 1.807) is 6.07 Å². The zero-order chi connectivity index (χ0) is 14.4. The summed E-state index contributed by atoms with van der Waals surface area (Å²) in [7, 11) is 0. The number of nitrogens with one attached hydrogen (secondary N) is 1. The van der Waals surface area contributed by atoms with Gasteiger partial charge in [0.1, 0.15) is 11.6 Å². The second-order valence-corrected chi connectivity index (χ2v) is 4.73. The highest BCUT2D eigenvalue weighted by molar-refractivity contribution is 5.27. The molecule has 0 bridgehead atoms. The fourth-order valence-corrected chi connectivity index (χ4v) is 2.07. The molecule has 106 valence electrons. The van der Waals surface area contributed by atoms with Gasteiger partial charge in [0.15, 0.2) is 0 Å². The largest absolute Gasteiger partial charge is 0.494 e. The van der Waals surface area contributed by atoms with Crippen LogP contribution >= 0.6 is 0 Å². The topological polar surface area (TPSA) is 47.3 Å². The number of hydrazine groups is 1. The second-order valence-electron chi connectivity index (χ2n) is 4.73. The molecule has 0 aromatic heterocycles. The van der Waals surface area contributed by atoms with E-state index in [2.05, 4.69) is 5.43 Å². The Bertz CT molecular complexity index is 560. The van der Waals surface area contributed by atoms with E-state index < -0.39 is 0 Å². The van der Waals surface area contributed by atoms with Crippen LogP contribution in [0.2, 0.25) is 0 Å². The maximum Gasteiger partial charge on any atom is 0.123 e. The van der Waals surface area contributed by atoms with E-state index in [1.165, 1.54) is 12.1 Å². The number of nitrogens with two attached hydrogens (primary N) is 1. The number of hydrogen-bond donors (Lipinski definition) is 2. The van der Waals surface area contributed by atoms with Crippen molar-refractivity contribution in [3.63, 3.8) is 0 Å². The molecule has 3 N–H and O–H groups in total. The molecule has 1 unspecified atom stereocenters. The molecule has 0 spiro atoms. The molecule has 0 aliphatic rings. The average Bonchev–Trinajstić information content (AvgIpc) is 2.44. The molecular formula is C16H19FN2O. The van der Waals surface area contributed by atoms with E-state index in [0.29, 0.717) is 13.0 Å². The lowest BCUT2D eigenvalue weighted by molar-refractivity contribution is 0.287. The van der Waals surface area contributed by atoms with Gasteiger partial charge in [0.25, 0.3) is 0 Å². The predicted molar refractivity (Wildman–Crippen MR) is 77.8 cm³/mol. The summed E-state index contributed by atoms with van der Waals surface area (Å²) >= 11 is 0. The molecule has 0 amide bonds. The van der Waals surface area contributed by atoms with Crippen LogP contribution in [0.4, 0.5) is 4.39 Å². The van der Waals surface area contributed by atoms with E-state index in [4.69, 9.17) is 10.6 Å². The SMILES string of the molecule is Cc1cccc(OCCC(NN)c2cccc(F)c2)c1. The lowest BCUT2D eigenvalue weighted by Crippen LogP contribution is -2.29. The van der Waals surface area contributed by atoms with E-state index in [0.717, 1.165) is 16.9 Å². The molecule has 0 saturated heterocycles. The van der Waals surface area contributed by atoms with Gasteiger partial charge >= 0.3 is 0 Å². The third-order valence-corrected chi connectivity index (χ3v) is 3.12. The van der Waals surface area contributed by atoms with Crippen molar-refractivity contribution in [3.8, 4) is 5.75 Å². The van der Waals surface area contributed by atoms with Crippen LogP contribution < -0.4 is 16.0 Å². The Kier molecular flexibility index (Phi) is 5.09. The Labute approximate surface area is 118 Å². The summed E-state index contributed by atoms with van der Waals surface area (Å²) in [5, 5.41) is 0. The van der Waals surface area contributed by atoms with Crippen LogP contribution in [0.1, 0.15) is 23.6 Å². The van der Waals surface area contributed by atoms with Gasteiger partial charge in [-0.1, -0.05) is 24.3 Å². The molecule has 3 nitrogen and oxygen atoms in total. The first-order valence-electron chi connectivity index (χ1n) is 6.60. The Morgan fingerprint density at radius 1 is 1.20 bits per heavy atom. The van der Waals surface area contributed by atoms with Crippen molar-refractivity contribution >= 4 is 0 Å². The fourth-order valence-electron chi connectivity index (χ4n) is 2.07. The lowest BCUT2D eigenvalue weighted by atomic mass is 10.0. The summed E-state index contributed by atoms with van der Waals surface area (Å²) in [6.07, 6.45) is 0.661. The summed E-state index contributed by atoms with van der Waals surface area (Å²) in [4.78, 5) is 0. The minimum absolute atomic E-state index is 0.129. The Morgan fingerprint density at radius 3 is 2.70 bits per heavy atom. The van der Waals surface area contributed by atoms with Crippen LogP contribution in [0.25, 0.3) is 0 Å². The normalized spacial score (nSPS) is 12.2. The van der Waals surface area contributed by atoms with Crippen LogP contribution in [0.3, 0.4) is 0 Å². The Balaban J connectivity index is 1.91. The summed E-state index contributed by atoms with van der Waals surface area (Å²) in [5.41, 5.74) is 4.67. The van der Waals surface area contributed by atoms with Crippen molar-refractivity contribution in [2.75, 3.05) is 6.61 Å². The van der Waals surface area contributed by atoms with E-state index in [9.17, 15) is 4.39 Å². The highest BCUT2D eigenvalue weighted by Gasteiger charge is 2.10. The molecule has 0 saturated carbocycles. The fraction of sp³-hybridized carbons (Fsp3) is 0.250. The van der Waals surface area contributed by atoms with Gasteiger partial charge in [0.05, 0.1) is 6.61 Å². The standard InChI is InChI=1S/C16H19FN2O/c1-12-4-2-7-15(10-12)20-9-8-16(19-18)13-5-3-6-14(17)11-13/h2-7,10-11,16,19H,8-9,18H2,1H3. The predicted octanol–water partition coefficient (Wildman–Crippen LogP) is 3.11. The van der Waals surface area contributed by atoms with Crippen LogP contribution in [0, 0.1) is 12.7 Å². The van der Waals surface area contributed by atoms with Crippen molar-refractivity contribution in [1.82, 2.24) is 5.43 Å². The van der Waals surface area contributed by atoms with Gasteiger partial charge in [-0.15, -0.1) is 0 Å². The monoisotopic (exact) mass is 274 g/mol. The minimum atomic E-state index is -0.262. The number of aryl methyl sites for hydroxylation is 1. The van der Waals surface area contributed by atoms with Crippen molar-refractivity contribution in [3.05, 3.63) is 65.5 Å². The van der Waals surface area contributed by atoms with Crippen molar-refractivity contribution in [2.24, 2.45) is 5.84 Å². The van der Waals surface area contributed by atoms with E-state index in [-0.39, 0.29) is 11.9 Å². The lowest BCUT2D eigenvalue weighted by Gasteiger charge is -2.17. The van der Waals surface area contributed by atoms with Crippen LogP contribution in [0.15, 0.2) is 48.5 Å². The van der Waals surface area contributed by atoms with Crippen molar-refractivity contribution < 1.29 is 9.13 Å². The van der Waals surface area contributed by atoms with Gasteiger partial charge < -0.3 is 4.74 Å². The summed E-state index contributed by atoms with van der Waals surface area (Å²) in [5.74, 6) is 6.10. The molecule has 1 atom stereocenters. The number of rotatable bonds is 6. The van der Waals surface area contributed by atoms with Crippen molar-refractivity contribution in [2.45, 2.75) is 19.4 Å². The molecule has 4 heteroatoms. The molecule has 2 aromatic carbocycles. The number of halogens is 1. The molecule has 20 heavy (non-hydrogen) atoms. The third kappa shape index (κ3) is 4.05. The maximum absolute atomic E-state index is 13.2. The first kappa shape index (κ1) is 14.5. The van der Waals surface area contributed by atoms with Crippen LogP contribution in [-0.2, 0) is 0 Å². The molecule has 2 rings (SSSR count). The first-order chi connectivity index (χ1) is 9.69. The van der Waals surface area contributed by atoms with Gasteiger partial charge in [-0.3, -0.25) is 11.3 Å².